The van der Waals surface area contributed by atoms with Crippen molar-refractivity contribution in [2.75, 3.05) is 0 Å². The summed E-state index contributed by atoms with van der Waals surface area (Å²) in [6.45, 7) is 3.65. The molecule has 0 N–H and O–H groups in total. The monoisotopic (exact) mass is 342 g/mol. The molecule has 1 rings (SSSR count). The van der Waals surface area contributed by atoms with Crippen LogP contribution in [-0.4, -0.2) is 18.4 Å². The van der Waals surface area contributed by atoms with Crippen LogP contribution in [0.15, 0.2) is 42.5 Å². The molecule has 0 fully saturated rings. The Kier molecular flexibility index (Phi) is 11.0. The van der Waals surface area contributed by atoms with Gasteiger partial charge in [-0.3, -0.25) is 9.59 Å². The van der Waals surface area contributed by atoms with Crippen LogP contribution in [0.4, 0.5) is 0 Å². The molecule has 0 aliphatic heterocycles. The number of esters is 1. The van der Waals surface area contributed by atoms with Gasteiger partial charge in [0, 0.05) is 12.5 Å². The standard InChI is InChI=1S/C22H30O3/c1-3-4-5-6-7-8-16-22(25-19(2)24)17-12-11-14-20-13-9-10-15-21(20)18-23/h9-15,17-18,22H,3-8,16H2,1-2H3. The number of ether oxygens (including phenoxy) is 1. The van der Waals surface area contributed by atoms with E-state index in [2.05, 4.69) is 6.92 Å². The fourth-order valence-electron chi connectivity index (χ4n) is 2.65. The van der Waals surface area contributed by atoms with Gasteiger partial charge >= 0.3 is 5.97 Å². The molecule has 0 aromatic heterocycles. The Balaban J connectivity index is 2.50. The molecule has 0 heterocycles. The molecule has 0 aliphatic carbocycles. The second kappa shape index (κ2) is 13.2. The molecule has 1 atom stereocenters. The lowest BCUT2D eigenvalue weighted by Gasteiger charge is -2.12. The van der Waals surface area contributed by atoms with Gasteiger partial charge in [-0.05, 0) is 24.5 Å². The Morgan fingerprint density at radius 1 is 1.04 bits per heavy atom. The van der Waals surface area contributed by atoms with Crippen LogP contribution in [0.1, 0.15) is 74.7 Å². The molecular weight excluding hydrogens is 312 g/mol. The third-order valence-corrected chi connectivity index (χ3v) is 4.00. The summed E-state index contributed by atoms with van der Waals surface area (Å²) < 4.78 is 5.36. The molecule has 0 aliphatic rings. The van der Waals surface area contributed by atoms with Gasteiger partial charge in [-0.15, -0.1) is 0 Å². The zero-order valence-corrected chi connectivity index (χ0v) is 15.4. The number of rotatable bonds is 12. The van der Waals surface area contributed by atoms with Crippen LogP contribution in [0.2, 0.25) is 0 Å². The van der Waals surface area contributed by atoms with E-state index in [4.69, 9.17) is 4.74 Å². The average molecular weight is 342 g/mol. The van der Waals surface area contributed by atoms with Crippen molar-refractivity contribution in [3.63, 3.8) is 0 Å². The predicted octanol–water partition coefficient (Wildman–Crippen LogP) is 5.75. The van der Waals surface area contributed by atoms with E-state index in [9.17, 15) is 9.59 Å². The summed E-state index contributed by atoms with van der Waals surface area (Å²) in [4.78, 5) is 22.2. The first-order chi connectivity index (χ1) is 12.2. The number of unbranched alkanes of at least 4 members (excludes halogenated alkanes) is 5. The quantitative estimate of drug-likeness (QED) is 0.210. The molecule has 0 spiro atoms. The van der Waals surface area contributed by atoms with Crippen molar-refractivity contribution in [2.45, 2.75) is 64.9 Å². The molecule has 0 bridgehead atoms. The molecule has 1 aromatic rings. The van der Waals surface area contributed by atoms with Crippen molar-refractivity contribution in [2.24, 2.45) is 0 Å². The first-order valence-corrected chi connectivity index (χ1v) is 9.23. The van der Waals surface area contributed by atoms with Crippen molar-refractivity contribution in [3.05, 3.63) is 53.6 Å². The number of hydrogen-bond acceptors (Lipinski definition) is 3. The second-order valence-electron chi connectivity index (χ2n) is 6.20. The maximum absolute atomic E-state index is 11.3. The van der Waals surface area contributed by atoms with E-state index in [-0.39, 0.29) is 12.1 Å². The summed E-state index contributed by atoms with van der Waals surface area (Å²) in [6.07, 6.45) is 16.4. The van der Waals surface area contributed by atoms with Crippen LogP contribution >= 0.6 is 0 Å². The highest BCUT2D eigenvalue weighted by Gasteiger charge is 2.07. The van der Waals surface area contributed by atoms with Crippen LogP contribution in [0.25, 0.3) is 6.08 Å². The minimum absolute atomic E-state index is 0.186. The zero-order valence-electron chi connectivity index (χ0n) is 15.4. The van der Waals surface area contributed by atoms with Crippen LogP contribution in [0, 0.1) is 0 Å². The summed E-state index contributed by atoms with van der Waals surface area (Å²) >= 11 is 0. The van der Waals surface area contributed by atoms with Gasteiger partial charge < -0.3 is 4.74 Å². The third-order valence-electron chi connectivity index (χ3n) is 4.00. The van der Waals surface area contributed by atoms with E-state index in [0.717, 1.165) is 24.7 Å². The number of hydrogen-bond donors (Lipinski definition) is 0. The van der Waals surface area contributed by atoms with Gasteiger partial charge in [-0.2, -0.15) is 0 Å². The minimum Gasteiger partial charge on any atom is -0.458 e. The Morgan fingerprint density at radius 2 is 1.72 bits per heavy atom. The lowest BCUT2D eigenvalue weighted by atomic mass is 10.1. The fourth-order valence-corrected chi connectivity index (χ4v) is 2.65. The SMILES string of the molecule is CCCCCCCCC(C=CC=Cc1ccccc1C=O)OC(C)=O. The minimum atomic E-state index is -0.254. The summed E-state index contributed by atoms with van der Waals surface area (Å²) in [6, 6.07) is 7.43. The number of carbonyl (C=O) groups excluding carboxylic acids is 2. The number of aldehydes is 1. The summed E-state index contributed by atoms with van der Waals surface area (Å²) in [5, 5.41) is 0. The molecule has 0 saturated carbocycles. The Morgan fingerprint density at radius 3 is 2.40 bits per heavy atom. The lowest BCUT2D eigenvalue weighted by Crippen LogP contribution is -2.13. The lowest BCUT2D eigenvalue weighted by molar-refractivity contribution is -0.144. The zero-order chi connectivity index (χ0) is 18.3. The van der Waals surface area contributed by atoms with Crippen molar-refractivity contribution in [1.82, 2.24) is 0 Å². The molecule has 3 heteroatoms. The van der Waals surface area contributed by atoms with Crippen molar-refractivity contribution < 1.29 is 14.3 Å². The van der Waals surface area contributed by atoms with Crippen LogP contribution in [0.5, 0.6) is 0 Å². The van der Waals surface area contributed by atoms with Gasteiger partial charge in [-0.25, -0.2) is 0 Å². The van der Waals surface area contributed by atoms with Gasteiger partial charge in [0.2, 0.25) is 0 Å². The van der Waals surface area contributed by atoms with E-state index < -0.39 is 0 Å². The van der Waals surface area contributed by atoms with Gasteiger partial charge in [0.15, 0.2) is 6.29 Å². The van der Waals surface area contributed by atoms with Crippen molar-refractivity contribution in [3.8, 4) is 0 Å². The molecule has 1 unspecified atom stereocenters. The van der Waals surface area contributed by atoms with Gasteiger partial charge in [0.1, 0.15) is 6.10 Å². The molecular formula is C22H30O3. The Bertz CT molecular complexity index is 572. The van der Waals surface area contributed by atoms with Gasteiger partial charge in [0.05, 0.1) is 0 Å². The smallest absolute Gasteiger partial charge is 0.303 e. The maximum atomic E-state index is 11.3. The Labute approximate surface area is 151 Å². The van der Waals surface area contributed by atoms with Crippen LogP contribution < -0.4 is 0 Å². The van der Waals surface area contributed by atoms with E-state index in [1.807, 2.05) is 42.5 Å². The molecule has 136 valence electrons. The highest BCUT2D eigenvalue weighted by Crippen LogP contribution is 2.12. The van der Waals surface area contributed by atoms with Crippen LogP contribution in [-0.2, 0) is 9.53 Å². The topological polar surface area (TPSA) is 43.4 Å². The maximum Gasteiger partial charge on any atom is 0.303 e. The Hall–Kier alpha value is -2.16. The number of carbonyl (C=O) groups is 2. The highest BCUT2D eigenvalue weighted by atomic mass is 16.5. The summed E-state index contributed by atoms with van der Waals surface area (Å²) in [5.74, 6) is -0.254. The number of allylic oxidation sites excluding steroid dienone is 2. The summed E-state index contributed by atoms with van der Waals surface area (Å²) in [7, 11) is 0. The highest BCUT2D eigenvalue weighted by molar-refractivity contribution is 5.81. The van der Waals surface area contributed by atoms with E-state index in [0.29, 0.717) is 5.56 Å². The molecule has 0 radical (unpaired) electrons. The van der Waals surface area contributed by atoms with E-state index >= 15 is 0 Å². The number of benzene rings is 1. The first kappa shape index (κ1) is 20.9. The van der Waals surface area contributed by atoms with Crippen LogP contribution in [0.3, 0.4) is 0 Å². The van der Waals surface area contributed by atoms with Crippen molar-refractivity contribution >= 4 is 18.3 Å². The predicted molar refractivity (Wildman–Crippen MR) is 104 cm³/mol. The largest absolute Gasteiger partial charge is 0.458 e. The molecule has 0 saturated heterocycles. The summed E-state index contributed by atoms with van der Waals surface area (Å²) in [5.41, 5.74) is 1.54. The average Bonchev–Trinajstić information content (AvgIpc) is 2.61. The van der Waals surface area contributed by atoms with Crippen molar-refractivity contribution in [1.29, 1.82) is 0 Å². The molecule has 3 nitrogen and oxygen atoms in total. The molecule has 1 aromatic carbocycles. The second-order valence-corrected chi connectivity index (χ2v) is 6.20. The van der Waals surface area contributed by atoms with E-state index in [1.54, 1.807) is 6.07 Å². The third kappa shape index (κ3) is 9.65. The van der Waals surface area contributed by atoms with E-state index in [1.165, 1.54) is 39.0 Å². The molecule has 0 amide bonds. The first-order valence-electron chi connectivity index (χ1n) is 9.23. The molecule has 25 heavy (non-hydrogen) atoms. The fraction of sp³-hybridized carbons (Fsp3) is 0.455. The van der Waals surface area contributed by atoms with Gasteiger partial charge in [0.25, 0.3) is 0 Å². The van der Waals surface area contributed by atoms with Gasteiger partial charge in [-0.1, -0.05) is 81.5 Å². The normalized spacial score (nSPS) is 12.6.